The number of phenolic OH excluding ortho intramolecular Hbond substituents is 1. The number of nitrogens with zero attached hydrogens (tertiary/aromatic N) is 2. The number of rotatable bonds is 8. The molecular weight excluding hydrogens is 410 g/mol. The molecule has 0 aliphatic carbocycles. The summed E-state index contributed by atoms with van der Waals surface area (Å²) in [6.07, 6.45) is 3.96. The lowest BCUT2D eigenvalue weighted by Crippen LogP contribution is -2.57. The quantitative estimate of drug-likeness (QED) is 0.538. The summed E-state index contributed by atoms with van der Waals surface area (Å²) in [4.78, 5) is 18.0. The Labute approximate surface area is 196 Å². The molecule has 1 amide bonds. The fourth-order valence-electron chi connectivity index (χ4n) is 4.95. The number of para-hydroxylation sites is 1. The van der Waals surface area contributed by atoms with Gasteiger partial charge in [0.25, 0.3) is 5.91 Å². The lowest BCUT2D eigenvalue weighted by atomic mass is 9.99. The highest BCUT2D eigenvalue weighted by Gasteiger charge is 2.31. The minimum Gasteiger partial charge on any atom is -0.508 e. The van der Waals surface area contributed by atoms with Gasteiger partial charge in [-0.25, -0.2) is 0 Å². The van der Waals surface area contributed by atoms with Crippen LogP contribution in [0.1, 0.15) is 42.1 Å². The van der Waals surface area contributed by atoms with Gasteiger partial charge in [-0.1, -0.05) is 74.4 Å². The highest BCUT2D eigenvalue weighted by molar-refractivity contribution is 6.07. The second kappa shape index (κ2) is 10.8. The minimum absolute atomic E-state index is 0.0669. The van der Waals surface area contributed by atoms with Crippen molar-refractivity contribution >= 4 is 16.7 Å². The average molecular weight is 446 g/mol. The third-order valence-corrected chi connectivity index (χ3v) is 6.75. The van der Waals surface area contributed by atoms with Crippen LogP contribution in [0.25, 0.3) is 10.8 Å². The van der Waals surface area contributed by atoms with Crippen molar-refractivity contribution in [3.8, 4) is 5.75 Å². The van der Waals surface area contributed by atoms with Crippen molar-refractivity contribution in [3.63, 3.8) is 0 Å². The molecule has 4 rings (SSSR count). The van der Waals surface area contributed by atoms with Crippen molar-refractivity contribution < 1.29 is 9.90 Å². The van der Waals surface area contributed by atoms with Gasteiger partial charge in [0.15, 0.2) is 0 Å². The highest BCUT2D eigenvalue weighted by Crippen LogP contribution is 2.24. The average Bonchev–Trinajstić information content (AvgIpc) is 2.84. The van der Waals surface area contributed by atoms with E-state index in [0.717, 1.165) is 60.8 Å². The molecule has 5 heteroatoms. The number of carbonyl (C=O) groups is 1. The molecule has 3 aromatic rings. The summed E-state index contributed by atoms with van der Waals surface area (Å²) < 4.78 is 0. The Morgan fingerprint density at radius 2 is 1.82 bits per heavy atom. The highest BCUT2D eigenvalue weighted by atomic mass is 16.3. The van der Waals surface area contributed by atoms with E-state index < -0.39 is 0 Å². The zero-order chi connectivity index (χ0) is 23.2. The zero-order valence-electron chi connectivity index (χ0n) is 19.5. The predicted molar refractivity (Wildman–Crippen MR) is 135 cm³/mol. The number of unbranched alkanes of at least 4 members (excludes halogenated alkanes) is 1. The predicted octanol–water partition coefficient (Wildman–Crippen LogP) is 4.43. The number of aromatic hydroxyl groups is 1. The number of fused-ring (bicyclic) bond motifs is 1. The van der Waals surface area contributed by atoms with Crippen LogP contribution in [0.2, 0.25) is 0 Å². The van der Waals surface area contributed by atoms with Crippen LogP contribution in [0.15, 0.2) is 66.7 Å². The molecule has 0 saturated carbocycles. The monoisotopic (exact) mass is 445 g/mol. The molecule has 1 aliphatic heterocycles. The van der Waals surface area contributed by atoms with Crippen LogP contribution in [-0.4, -0.2) is 59.1 Å². The van der Waals surface area contributed by atoms with Crippen LogP contribution in [0, 0.1) is 0 Å². The van der Waals surface area contributed by atoms with Crippen LogP contribution < -0.4 is 5.73 Å². The van der Waals surface area contributed by atoms with Crippen molar-refractivity contribution in [1.82, 2.24) is 9.80 Å². The largest absolute Gasteiger partial charge is 0.508 e. The molecule has 3 N–H and O–H groups in total. The van der Waals surface area contributed by atoms with E-state index in [-0.39, 0.29) is 11.9 Å². The summed E-state index contributed by atoms with van der Waals surface area (Å²) in [5.74, 6) is 0.424. The summed E-state index contributed by atoms with van der Waals surface area (Å²) in [6, 6.07) is 21.7. The molecule has 1 saturated heterocycles. The smallest absolute Gasteiger partial charge is 0.254 e. The molecule has 0 radical (unpaired) electrons. The van der Waals surface area contributed by atoms with E-state index in [1.807, 2.05) is 53.4 Å². The van der Waals surface area contributed by atoms with E-state index in [1.54, 1.807) is 6.07 Å². The topological polar surface area (TPSA) is 69.8 Å². The van der Waals surface area contributed by atoms with Crippen molar-refractivity contribution in [3.05, 3.63) is 77.9 Å². The number of hydrogen-bond acceptors (Lipinski definition) is 4. The van der Waals surface area contributed by atoms with Crippen molar-refractivity contribution in [1.29, 1.82) is 0 Å². The molecule has 3 aromatic carbocycles. The minimum atomic E-state index is -0.0669. The maximum atomic E-state index is 13.5. The lowest BCUT2D eigenvalue weighted by molar-refractivity contribution is 0.0443. The van der Waals surface area contributed by atoms with Gasteiger partial charge in [0, 0.05) is 43.8 Å². The van der Waals surface area contributed by atoms with Crippen molar-refractivity contribution in [2.24, 2.45) is 5.73 Å². The number of nitrogens with two attached hydrogens (primary N) is 1. The van der Waals surface area contributed by atoms with Crippen molar-refractivity contribution in [2.75, 3.05) is 26.2 Å². The molecule has 1 fully saturated rings. The molecule has 2 unspecified atom stereocenters. The van der Waals surface area contributed by atoms with Crippen LogP contribution in [0.5, 0.6) is 5.75 Å². The Morgan fingerprint density at radius 1 is 1.06 bits per heavy atom. The first-order valence-corrected chi connectivity index (χ1v) is 12.1. The molecule has 1 aliphatic rings. The van der Waals surface area contributed by atoms with E-state index in [2.05, 4.69) is 24.0 Å². The van der Waals surface area contributed by atoms with Gasteiger partial charge in [-0.15, -0.1) is 0 Å². The summed E-state index contributed by atoms with van der Waals surface area (Å²) in [5, 5.41) is 12.2. The Bertz CT molecular complexity index is 1080. The number of benzene rings is 3. The second-order valence-corrected chi connectivity index (χ2v) is 9.16. The molecule has 5 nitrogen and oxygen atoms in total. The molecule has 2 atom stereocenters. The molecule has 174 valence electrons. The van der Waals surface area contributed by atoms with Gasteiger partial charge in [0.2, 0.25) is 0 Å². The van der Waals surface area contributed by atoms with Crippen molar-refractivity contribution in [2.45, 2.75) is 44.7 Å². The molecule has 1 heterocycles. The van der Waals surface area contributed by atoms with Gasteiger partial charge < -0.3 is 15.7 Å². The summed E-state index contributed by atoms with van der Waals surface area (Å²) >= 11 is 0. The van der Waals surface area contributed by atoms with Gasteiger partial charge in [0.1, 0.15) is 5.75 Å². The summed E-state index contributed by atoms with van der Waals surface area (Å²) in [5.41, 5.74) is 8.18. The maximum absolute atomic E-state index is 13.5. The standard InChI is InChI=1S/C28H35N3O2/c1-2-3-12-24-20-31(28(33)26-14-8-11-21-9-4-6-13-25(21)26)17-16-30(24)19-23(29)18-22-10-5-7-15-27(22)32/h4-11,13-15,23-24,32H,2-3,12,16-20,29H2,1H3. The number of hydrogen-bond donors (Lipinski definition) is 2. The molecular formula is C28H35N3O2. The van der Waals surface area contributed by atoms with E-state index >= 15 is 0 Å². The van der Waals surface area contributed by atoms with E-state index in [1.165, 1.54) is 0 Å². The Hall–Kier alpha value is -2.89. The van der Waals surface area contributed by atoms with E-state index in [0.29, 0.717) is 24.8 Å². The molecule has 0 aromatic heterocycles. The maximum Gasteiger partial charge on any atom is 0.254 e. The van der Waals surface area contributed by atoms with Gasteiger partial charge in [-0.2, -0.15) is 0 Å². The van der Waals surface area contributed by atoms with Gasteiger partial charge >= 0.3 is 0 Å². The van der Waals surface area contributed by atoms with Crippen LogP contribution in [0.4, 0.5) is 0 Å². The Kier molecular flexibility index (Phi) is 7.63. The lowest BCUT2D eigenvalue weighted by Gasteiger charge is -2.42. The first-order chi connectivity index (χ1) is 16.1. The van der Waals surface area contributed by atoms with Crippen LogP contribution in [-0.2, 0) is 6.42 Å². The number of carbonyl (C=O) groups excluding carboxylic acids is 1. The molecule has 0 bridgehead atoms. The number of amides is 1. The Morgan fingerprint density at radius 3 is 2.64 bits per heavy atom. The normalized spacial score (nSPS) is 17.9. The van der Waals surface area contributed by atoms with Gasteiger partial charge in [-0.05, 0) is 41.3 Å². The first-order valence-electron chi connectivity index (χ1n) is 12.1. The molecule has 33 heavy (non-hydrogen) atoms. The third kappa shape index (κ3) is 5.55. The van der Waals surface area contributed by atoms with Crippen LogP contribution in [0.3, 0.4) is 0 Å². The van der Waals surface area contributed by atoms with Gasteiger partial charge in [-0.3, -0.25) is 9.69 Å². The van der Waals surface area contributed by atoms with Gasteiger partial charge in [0.05, 0.1) is 0 Å². The SMILES string of the molecule is CCCCC1CN(C(=O)c2cccc3ccccc23)CCN1CC(N)Cc1ccccc1O. The zero-order valence-corrected chi connectivity index (χ0v) is 19.5. The molecule has 0 spiro atoms. The van der Waals surface area contributed by atoms with Crippen LogP contribution >= 0.6 is 0 Å². The number of phenols is 1. The first kappa shape index (κ1) is 23.3. The fourth-order valence-corrected chi connectivity index (χ4v) is 4.95. The fraction of sp³-hybridized carbons (Fsp3) is 0.393. The summed E-state index contributed by atoms with van der Waals surface area (Å²) in [7, 11) is 0. The number of piperazine rings is 1. The Balaban J connectivity index is 1.45. The van der Waals surface area contributed by atoms with E-state index in [4.69, 9.17) is 5.73 Å². The third-order valence-electron chi connectivity index (χ3n) is 6.75. The second-order valence-electron chi connectivity index (χ2n) is 9.16. The summed E-state index contributed by atoms with van der Waals surface area (Å²) in [6.45, 7) is 5.22. The van der Waals surface area contributed by atoms with E-state index in [9.17, 15) is 9.90 Å².